The van der Waals surface area contributed by atoms with E-state index in [0.717, 1.165) is 11.1 Å². The Balaban J connectivity index is 2.31. The van der Waals surface area contributed by atoms with Crippen molar-refractivity contribution in [3.63, 3.8) is 0 Å². The number of nitrogens with one attached hydrogen (secondary N) is 1. The number of hydrogen-bond acceptors (Lipinski definition) is 1. The summed E-state index contributed by atoms with van der Waals surface area (Å²) in [5.74, 6) is -0.573. The van der Waals surface area contributed by atoms with Gasteiger partial charge in [0.2, 0.25) is 0 Å². The normalized spacial score (nSPS) is 11.1. The Morgan fingerprint density at radius 3 is 2.45 bits per heavy atom. The lowest BCUT2D eigenvalue weighted by atomic mass is 9.99. The van der Waals surface area contributed by atoms with Crippen molar-refractivity contribution in [2.45, 2.75) is 33.4 Å². The minimum absolute atomic E-state index is 0.265. The molecule has 0 heterocycles. The fourth-order valence-corrected chi connectivity index (χ4v) is 2.08. The van der Waals surface area contributed by atoms with Gasteiger partial charge in [-0.25, -0.2) is 8.78 Å². The first-order valence-corrected chi connectivity index (χ1v) is 6.75. The summed E-state index contributed by atoms with van der Waals surface area (Å²) in [4.78, 5) is 0. The summed E-state index contributed by atoms with van der Waals surface area (Å²) in [5, 5.41) is 3.18. The van der Waals surface area contributed by atoms with Gasteiger partial charge in [-0.2, -0.15) is 0 Å². The van der Waals surface area contributed by atoms with Crippen molar-refractivity contribution < 1.29 is 8.78 Å². The molecule has 0 fully saturated rings. The zero-order valence-corrected chi connectivity index (χ0v) is 12.0. The van der Waals surface area contributed by atoms with E-state index in [0.29, 0.717) is 23.7 Å². The molecule has 0 bridgehead atoms. The molecule has 0 spiro atoms. The highest BCUT2D eigenvalue weighted by Crippen LogP contribution is 2.26. The van der Waals surface area contributed by atoms with Crippen LogP contribution in [-0.2, 0) is 6.54 Å². The first-order valence-electron chi connectivity index (χ1n) is 6.75. The van der Waals surface area contributed by atoms with Gasteiger partial charge in [-0.15, -0.1) is 0 Å². The maximum atomic E-state index is 14.1. The summed E-state index contributed by atoms with van der Waals surface area (Å²) >= 11 is 0. The maximum absolute atomic E-state index is 14.1. The molecule has 0 aliphatic heterocycles. The number of benzene rings is 2. The average molecular weight is 275 g/mol. The highest BCUT2D eigenvalue weighted by Gasteiger charge is 2.08. The fourth-order valence-electron chi connectivity index (χ4n) is 2.08. The van der Waals surface area contributed by atoms with E-state index in [1.54, 1.807) is 12.1 Å². The van der Waals surface area contributed by atoms with Crippen LogP contribution in [0.2, 0.25) is 0 Å². The van der Waals surface area contributed by atoms with E-state index in [1.807, 2.05) is 26.8 Å². The number of hydrogen-bond donors (Lipinski definition) is 1. The second kappa shape index (κ2) is 6.14. The van der Waals surface area contributed by atoms with Gasteiger partial charge >= 0.3 is 0 Å². The standard InChI is InChI=1S/C17H19F2N/c1-11(2)20-10-14-6-5-13(8-17(14)19)16-9-15(18)7-4-12(16)3/h4-9,11,20H,10H2,1-3H3. The Morgan fingerprint density at radius 2 is 1.80 bits per heavy atom. The number of rotatable bonds is 4. The lowest BCUT2D eigenvalue weighted by Gasteiger charge is -2.11. The Labute approximate surface area is 118 Å². The SMILES string of the molecule is Cc1ccc(F)cc1-c1ccc(CNC(C)C)c(F)c1. The number of aryl methyl sites for hydroxylation is 1. The van der Waals surface area contributed by atoms with Crippen LogP contribution in [0, 0.1) is 18.6 Å². The highest BCUT2D eigenvalue weighted by molar-refractivity contribution is 5.67. The zero-order valence-electron chi connectivity index (χ0n) is 12.0. The lowest BCUT2D eigenvalue weighted by molar-refractivity contribution is 0.553. The minimum Gasteiger partial charge on any atom is -0.310 e. The predicted octanol–water partition coefficient (Wildman–Crippen LogP) is 4.44. The quantitative estimate of drug-likeness (QED) is 0.870. The van der Waals surface area contributed by atoms with Gasteiger partial charge in [-0.05, 0) is 41.8 Å². The van der Waals surface area contributed by atoms with Crippen LogP contribution >= 0.6 is 0 Å². The van der Waals surface area contributed by atoms with Gasteiger partial charge in [0.1, 0.15) is 11.6 Å². The van der Waals surface area contributed by atoms with Crippen LogP contribution in [0.5, 0.6) is 0 Å². The van der Waals surface area contributed by atoms with Crippen molar-refractivity contribution in [3.8, 4) is 11.1 Å². The summed E-state index contributed by atoms with van der Waals surface area (Å²) < 4.78 is 27.4. The van der Waals surface area contributed by atoms with E-state index in [4.69, 9.17) is 0 Å². The molecule has 2 aromatic carbocycles. The maximum Gasteiger partial charge on any atom is 0.128 e. The van der Waals surface area contributed by atoms with Crippen LogP contribution < -0.4 is 5.32 Å². The van der Waals surface area contributed by atoms with E-state index < -0.39 is 0 Å². The monoisotopic (exact) mass is 275 g/mol. The summed E-state index contributed by atoms with van der Waals surface area (Å²) in [6, 6.07) is 9.92. The molecule has 2 rings (SSSR count). The van der Waals surface area contributed by atoms with Gasteiger partial charge < -0.3 is 5.32 Å². The van der Waals surface area contributed by atoms with Crippen molar-refractivity contribution in [2.75, 3.05) is 0 Å². The first-order chi connectivity index (χ1) is 9.47. The van der Waals surface area contributed by atoms with Crippen LogP contribution in [0.3, 0.4) is 0 Å². The molecule has 0 aromatic heterocycles. The van der Waals surface area contributed by atoms with Crippen LogP contribution in [-0.4, -0.2) is 6.04 Å². The second-order valence-corrected chi connectivity index (χ2v) is 5.30. The van der Waals surface area contributed by atoms with Gasteiger partial charge in [-0.3, -0.25) is 0 Å². The molecule has 0 amide bonds. The Kier molecular flexibility index (Phi) is 4.50. The van der Waals surface area contributed by atoms with Crippen LogP contribution in [0.1, 0.15) is 25.0 Å². The molecule has 0 aliphatic rings. The smallest absolute Gasteiger partial charge is 0.128 e. The molecule has 1 nitrogen and oxygen atoms in total. The Hall–Kier alpha value is -1.74. The van der Waals surface area contributed by atoms with Crippen LogP contribution in [0.15, 0.2) is 36.4 Å². The molecule has 0 saturated carbocycles. The fraction of sp³-hybridized carbons (Fsp3) is 0.294. The minimum atomic E-state index is -0.309. The molecular formula is C17H19F2N. The third-order valence-electron chi connectivity index (χ3n) is 3.26. The Morgan fingerprint density at radius 1 is 1.05 bits per heavy atom. The van der Waals surface area contributed by atoms with Crippen molar-refractivity contribution in [1.29, 1.82) is 0 Å². The molecule has 0 radical (unpaired) electrons. The average Bonchev–Trinajstić information content (AvgIpc) is 2.40. The van der Waals surface area contributed by atoms with Crippen molar-refractivity contribution in [1.82, 2.24) is 5.32 Å². The lowest BCUT2D eigenvalue weighted by Crippen LogP contribution is -2.22. The Bertz CT molecular complexity index is 606. The number of halogens is 2. The molecule has 3 heteroatoms. The third kappa shape index (κ3) is 3.42. The first kappa shape index (κ1) is 14.7. The molecular weight excluding hydrogens is 256 g/mol. The molecule has 2 aromatic rings. The van der Waals surface area contributed by atoms with Gasteiger partial charge in [0.25, 0.3) is 0 Å². The van der Waals surface area contributed by atoms with Crippen LogP contribution in [0.25, 0.3) is 11.1 Å². The van der Waals surface area contributed by atoms with E-state index in [1.165, 1.54) is 18.2 Å². The molecule has 0 aliphatic carbocycles. The summed E-state index contributed by atoms with van der Waals surface area (Å²) in [7, 11) is 0. The van der Waals surface area contributed by atoms with Crippen molar-refractivity contribution >= 4 is 0 Å². The van der Waals surface area contributed by atoms with E-state index in [-0.39, 0.29) is 11.6 Å². The van der Waals surface area contributed by atoms with Gasteiger partial charge in [0.15, 0.2) is 0 Å². The molecule has 0 saturated heterocycles. The molecule has 20 heavy (non-hydrogen) atoms. The molecule has 106 valence electrons. The van der Waals surface area contributed by atoms with Gasteiger partial charge in [0, 0.05) is 18.2 Å². The van der Waals surface area contributed by atoms with E-state index in [9.17, 15) is 8.78 Å². The topological polar surface area (TPSA) is 12.0 Å². The van der Waals surface area contributed by atoms with Gasteiger partial charge in [0.05, 0.1) is 0 Å². The van der Waals surface area contributed by atoms with E-state index in [2.05, 4.69) is 5.32 Å². The molecule has 1 N–H and O–H groups in total. The third-order valence-corrected chi connectivity index (χ3v) is 3.26. The van der Waals surface area contributed by atoms with Crippen molar-refractivity contribution in [3.05, 3.63) is 59.2 Å². The van der Waals surface area contributed by atoms with Crippen LogP contribution in [0.4, 0.5) is 8.78 Å². The second-order valence-electron chi connectivity index (χ2n) is 5.30. The summed E-state index contributed by atoms with van der Waals surface area (Å²) in [6.07, 6.45) is 0. The molecule has 0 unspecified atom stereocenters. The van der Waals surface area contributed by atoms with Gasteiger partial charge in [-0.1, -0.05) is 32.0 Å². The highest BCUT2D eigenvalue weighted by atomic mass is 19.1. The van der Waals surface area contributed by atoms with E-state index >= 15 is 0 Å². The summed E-state index contributed by atoms with van der Waals surface area (Å²) in [6.45, 7) is 6.41. The largest absolute Gasteiger partial charge is 0.310 e. The molecule has 0 atom stereocenters. The van der Waals surface area contributed by atoms with Crippen molar-refractivity contribution in [2.24, 2.45) is 0 Å². The predicted molar refractivity (Wildman–Crippen MR) is 78.5 cm³/mol. The summed E-state index contributed by atoms with van der Waals surface area (Å²) in [5.41, 5.74) is 2.98. The zero-order chi connectivity index (χ0) is 14.7.